The highest BCUT2D eigenvalue weighted by molar-refractivity contribution is 6.08. The Morgan fingerprint density at radius 2 is 1.63 bits per heavy atom. The quantitative estimate of drug-likeness (QED) is 0.541. The number of anilines is 2. The number of aryl methyl sites for hydroxylation is 3. The first-order valence-electron chi connectivity index (χ1n) is 9.50. The van der Waals surface area contributed by atoms with Crippen molar-refractivity contribution in [3.05, 3.63) is 83.2 Å². The average molecular weight is 399 g/mol. The predicted molar refractivity (Wildman–Crippen MR) is 117 cm³/mol. The van der Waals surface area contributed by atoms with Gasteiger partial charge in [0.05, 0.1) is 17.6 Å². The number of carbonyl (C=O) groups is 2. The van der Waals surface area contributed by atoms with Gasteiger partial charge in [-0.05, 0) is 49.7 Å². The number of pyridine rings is 1. The molecule has 4 rings (SSSR count). The first kappa shape index (κ1) is 19.3. The molecule has 4 aromatic rings. The number of fused-ring (bicyclic) bond motifs is 1. The van der Waals surface area contributed by atoms with E-state index in [9.17, 15) is 9.59 Å². The van der Waals surface area contributed by atoms with E-state index in [1.54, 1.807) is 47.3 Å². The molecule has 0 saturated carbocycles. The Morgan fingerprint density at radius 1 is 0.900 bits per heavy atom. The van der Waals surface area contributed by atoms with Gasteiger partial charge >= 0.3 is 0 Å². The molecule has 0 atom stereocenters. The number of hydrogen-bond acceptors (Lipinski definition) is 4. The second kappa shape index (κ2) is 7.79. The molecular weight excluding hydrogens is 378 g/mol. The lowest BCUT2D eigenvalue weighted by Crippen LogP contribution is -2.15. The Balaban J connectivity index is 1.55. The van der Waals surface area contributed by atoms with Crippen molar-refractivity contribution in [3.63, 3.8) is 0 Å². The van der Waals surface area contributed by atoms with Crippen LogP contribution in [0.2, 0.25) is 0 Å². The molecule has 2 amide bonds. The maximum Gasteiger partial charge on any atom is 0.255 e. The average Bonchev–Trinajstić information content (AvgIpc) is 3.03. The smallest absolute Gasteiger partial charge is 0.255 e. The molecule has 150 valence electrons. The first-order chi connectivity index (χ1) is 14.4. The number of nitrogens with zero attached hydrogens (tertiary/aromatic N) is 3. The molecule has 7 heteroatoms. The molecule has 0 unspecified atom stereocenters. The zero-order valence-electron chi connectivity index (χ0n) is 16.9. The van der Waals surface area contributed by atoms with Crippen LogP contribution in [0.4, 0.5) is 11.4 Å². The van der Waals surface area contributed by atoms with E-state index in [2.05, 4.69) is 20.7 Å². The fourth-order valence-corrected chi connectivity index (χ4v) is 3.26. The van der Waals surface area contributed by atoms with Crippen molar-refractivity contribution >= 4 is 34.2 Å². The van der Waals surface area contributed by atoms with Gasteiger partial charge in [-0.25, -0.2) is 4.98 Å². The standard InChI is InChI=1S/C23H21N5O2/c1-14-9-10-17(11-20(14)26-22(29)16-7-5-4-6-8-16)23(30)25-18-12-19-15(2)27-28(3)21(19)24-13-18/h4-13H,1-3H3,(H,25,30)(H,26,29). The molecule has 2 aromatic heterocycles. The summed E-state index contributed by atoms with van der Waals surface area (Å²) >= 11 is 0. The summed E-state index contributed by atoms with van der Waals surface area (Å²) < 4.78 is 1.71. The van der Waals surface area contributed by atoms with Gasteiger partial charge in [0.25, 0.3) is 11.8 Å². The summed E-state index contributed by atoms with van der Waals surface area (Å²) in [6.45, 7) is 3.78. The minimum atomic E-state index is -0.284. The molecule has 0 aliphatic carbocycles. The Hall–Kier alpha value is -4.00. The molecule has 0 radical (unpaired) electrons. The summed E-state index contributed by atoms with van der Waals surface area (Å²) in [6, 6.07) is 16.0. The lowest BCUT2D eigenvalue weighted by atomic mass is 10.1. The Kier molecular flexibility index (Phi) is 5.02. The molecule has 0 bridgehead atoms. The lowest BCUT2D eigenvalue weighted by Gasteiger charge is -2.11. The van der Waals surface area contributed by atoms with Crippen molar-refractivity contribution < 1.29 is 9.59 Å². The molecule has 0 fully saturated rings. The molecule has 0 saturated heterocycles. The summed E-state index contributed by atoms with van der Waals surface area (Å²) in [6.07, 6.45) is 1.60. The topological polar surface area (TPSA) is 88.9 Å². The molecule has 7 nitrogen and oxygen atoms in total. The van der Waals surface area contributed by atoms with E-state index >= 15 is 0 Å². The van der Waals surface area contributed by atoms with Crippen LogP contribution in [0.25, 0.3) is 11.0 Å². The van der Waals surface area contributed by atoms with Crippen molar-refractivity contribution in [3.8, 4) is 0 Å². The van der Waals surface area contributed by atoms with Crippen LogP contribution >= 0.6 is 0 Å². The Bertz CT molecular complexity index is 1260. The molecular formula is C23H21N5O2. The van der Waals surface area contributed by atoms with Gasteiger partial charge in [0, 0.05) is 29.2 Å². The normalized spacial score (nSPS) is 10.8. The van der Waals surface area contributed by atoms with Crippen LogP contribution in [0.1, 0.15) is 32.0 Å². The highest BCUT2D eigenvalue weighted by Gasteiger charge is 2.13. The van der Waals surface area contributed by atoms with E-state index in [1.807, 2.05) is 39.1 Å². The number of carbonyl (C=O) groups excluding carboxylic acids is 2. The minimum absolute atomic E-state index is 0.224. The van der Waals surface area contributed by atoms with Crippen molar-refractivity contribution in [1.82, 2.24) is 14.8 Å². The van der Waals surface area contributed by atoms with Crippen LogP contribution in [-0.4, -0.2) is 26.6 Å². The van der Waals surface area contributed by atoms with Gasteiger partial charge in [-0.3, -0.25) is 14.3 Å². The van der Waals surface area contributed by atoms with E-state index in [1.165, 1.54) is 0 Å². The zero-order chi connectivity index (χ0) is 21.3. The maximum atomic E-state index is 12.8. The SMILES string of the molecule is Cc1ccc(C(=O)Nc2cnc3c(c2)c(C)nn3C)cc1NC(=O)c1ccccc1. The van der Waals surface area contributed by atoms with Crippen LogP contribution in [0.5, 0.6) is 0 Å². The second-order valence-electron chi connectivity index (χ2n) is 7.11. The fourth-order valence-electron chi connectivity index (χ4n) is 3.26. The number of hydrogen-bond donors (Lipinski definition) is 2. The number of benzene rings is 2. The lowest BCUT2D eigenvalue weighted by molar-refractivity contribution is 0.101. The second-order valence-corrected chi connectivity index (χ2v) is 7.11. The van der Waals surface area contributed by atoms with Crippen LogP contribution in [0.15, 0.2) is 60.8 Å². The number of nitrogens with one attached hydrogen (secondary N) is 2. The van der Waals surface area contributed by atoms with Gasteiger partial charge in [0.2, 0.25) is 0 Å². The van der Waals surface area contributed by atoms with E-state index in [0.29, 0.717) is 22.5 Å². The summed E-state index contributed by atoms with van der Waals surface area (Å²) in [5.74, 6) is -0.508. The van der Waals surface area contributed by atoms with Crippen molar-refractivity contribution in [1.29, 1.82) is 0 Å². The predicted octanol–water partition coefficient (Wildman–Crippen LogP) is 4.09. The summed E-state index contributed by atoms with van der Waals surface area (Å²) in [7, 11) is 1.83. The third kappa shape index (κ3) is 3.77. The number of rotatable bonds is 4. The van der Waals surface area contributed by atoms with Crippen molar-refractivity contribution in [2.45, 2.75) is 13.8 Å². The van der Waals surface area contributed by atoms with Gasteiger partial charge in [0.15, 0.2) is 5.65 Å². The Labute approximate surface area is 173 Å². The molecule has 0 aliphatic heterocycles. The Morgan fingerprint density at radius 3 is 2.40 bits per heavy atom. The highest BCUT2D eigenvalue weighted by Crippen LogP contribution is 2.22. The van der Waals surface area contributed by atoms with E-state index < -0.39 is 0 Å². The maximum absolute atomic E-state index is 12.8. The largest absolute Gasteiger partial charge is 0.322 e. The van der Waals surface area contributed by atoms with Crippen molar-refractivity contribution in [2.24, 2.45) is 7.05 Å². The number of amides is 2. The first-order valence-corrected chi connectivity index (χ1v) is 9.50. The zero-order valence-corrected chi connectivity index (χ0v) is 16.9. The molecule has 2 heterocycles. The van der Waals surface area contributed by atoms with Gasteiger partial charge in [0.1, 0.15) is 0 Å². The molecule has 0 aliphatic rings. The summed E-state index contributed by atoms with van der Waals surface area (Å²) in [4.78, 5) is 29.6. The van der Waals surface area contributed by atoms with Crippen molar-refractivity contribution in [2.75, 3.05) is 10.6 Å². The van der Waals surface area contributed by atoms with Crippen LogP contribution in [0.3, 0.4) is 0 Å². The summed E-state index contributed by atoms with van der Waals surface area (Å²) in [5, 5.41) is 11.0. The van der Waals surface area contributed by atoms with E-state index in [-0.39, 0.29) is 11.8 Å². The van der Waals surface area contributed by atoms with Crippen LogP contribution in [0, 0.1) is 13.8 Å². The molecule has 30 heavy (non-hydrogen) atoms. The van der Waals surface area contributed by atoms with Gasteiger partial charge in [-0.1, -0.05) is 24.3 Å². The monoisotopic (exact) mass is 399 g/mol. The van der Waals surface area contributed by atoms with Crippen LogP contribution < -0.4 is 10.6 Å². The fraction of sp³-hybridized carbons (Fsp3) is 0.130. The third-order valence-corrected chi connectivity index (χ3v) is 4.90. The van der Waals surface area contributed by atoms with Crippen LogP contribution in [-0.2, 0) is 7.05 Å². The van der Waals surface area contributed by atoms with Gasteiger partial charge in [-0.15, -0.1) is 0 Å². The number of aromatic nitrogens is 3. The van der Waals surface area contributed by atoms with E-state index in [0.717, 1.165) is 22.3 Å². The third-order valence-electron chi connectivity index (χ3n) is 4.90. The van der Waals surface area contributed by atoms with E-state index in [4.69, 9.17) is 0 Å². The molecule has 2 N–H and O–H groups in total. The van der Waals surface area contributed by atoms with Gasteiger partial charge in [-0.2, -0.15) is 5.10 Å². The minimum Gasteiger partial charge on any atom is -0.322 e. The molecule has 2 aromatic carbocycles. The molecule has 0 spiro atoms. The van der Waals surface area contributed by atoms with Gasteiger partial charge < -0.3 is 10.6 Å². The summed E-state index contributed by atoms with van der Waals surface area (Å²) in [5.41, 5.74) is 4.63. The highest BCUT2D eigenvalue weighted by atomic mass is 16.2.